The maximum absolute atomic E-state index is 15.5. The van der Waals surface area contributed by atoms with Crippen LogP contribution < -0.4 is 31.0 Å². The number of piperazine rings is 1. The number of anilines is 1. The van der Waals surface area contributed by atoms with Crippen molar-refractivity contribution in [1.29, 1.82) is 0 Å². The lowest BCUT2D eigenvalue weighted by molar-refractivity contribution is -0.122. The summed E-state index contributed by atoms with van der Waals surface area (Å²) in [6, 6.07) is 35.6. The van der Waals surface area contributed by atoms with Gasteiger partial charge in [-0.25, -0.2) is 14.3 Å². The van der Waals surface area contributed by atoms with Crippen LogP contribution >= 0.6 is 34.8 Å². The van der Waals surface area contributed by atoms with Crippen molar-refractivity contribution >= 4 is 75.7 Å². The van der Waals surface area contributed by atoms with Crippen molar-refractivity contribution in [1.82, 2.24) is 39.9 Å². The van der Waals surface area contributed by atoms with Gasteiger partial charge in [0.2, 0.25) is 11.8 Å². The molecule has 0 saturated carbocycles. The van der Waals surface area contributed by atoms with Crippen molar-refractivity contribution in [2.75, 3.05) is 64.3 Å². The average molecular weight is 1250 g/mol. The Balaban J connectivity index is 0.682. The van der Waals surface area contributed by atoms with Crippen LogP contribution in [0.2, 0.25) is 15.1 Å². The molecule has 88 heavy (non-hydrogen) atoms. The molecule has 0 radical (unpaired) electrons. The third kappa shape index (κ3) is 15.1. The van der Waals surface area contributed by atoms with E-state index >= 15 is 4.79 Å². The zero-order chi connectivity index (χ0) is 62.8. The molecule has 5 amide bonds. The number of unbranched alkanes of at least 4 members (excludes halogenated alkanes) is 4. The minimum absolute atomic E-state index is 0.00544. The summed E-state index contributed by atoms with van der Waals surface area (Å²) in [5, 5.41) is 13.6. The second-order valence-corrected chi connectivity index (χ2v) is 25.2. The van der Waals surface area contributed by atoms with Crippen molar-refractivity contribution < 1.29 is 28.7 Å². The Bertz CT molecular complexity index is 3710. The van der Waals surface area contributed by atoms with Crippen molar-refractivity contribution in [2.45, 2.75) is 116 Å². The molecule has 0 unspecified atom stereocenters. The molecule has 2 atom stereocenters. The summed E-state index contributed by atoms with van der Waals surface area (Å²) in [6.07, 6.45) is 6.96. The fraction of sp³-hybridized carbons (Fsp3) is 0.397. The lowest BCUT2D eigenvalue weighted by Gasteiger charge is -2.47. The zero-order valence-electron chi connectivity index (χ0n) is 51.2. The van der Waals surface area contributed by atoms with Crippen molar-refractivity contribution in [3.63, 3.8) is 0 Å². The number of nitrogens with one attached hydrogen (secondary N) is 4. The Kier molecular flexibility index (Phi) is 21.1. The summed E-state index contributed by atoms with van der Waals surface area (Å²) >= 11 is 19.0. The topological polar surface area (TPSA) is 195 Å². The van der Waals surface area contributed by atoms with Gasteiger partial charge in [0.25, 0.3) is 11.5 Å². The Morgan fingerprint density at radius 2 is 1.36 bits per heavy atom. The molecule has 0 spiro atoms. The van der Waals surface area contributed by atoms with Crippen LogP contribution in [-0.4, -0.2) is 118 Å². The van der Waals surface area contributed by atoms with Crippen molar-refractivity contribution in [3.05, 3.63) is 192 Å². The van der Waals surface area contributed by atoms with Crippen molar-refractivity contribution in [3.8, 4) is 11.5 Å². The minimum atomic E-state index is -1.06. The van der Waals surface area contributed by atoms with Crippen LogP contribution in [0.1, 0.15) is 136 Å². The SMILES string of the molecule is CCOc1cc(C(C)(C)C)ccc1C1=N[C@@](C)(c2ccc(Cl)cc2)[C@@](C)(c2ccc(Cl)cc2)N1C(=O)N1CCN(CC(=O)NCCCCCNC(=O)CCCCCOc2cccc(NC(=O)c3c[nH]n4c(=O)c(Cc5ccc(Cl)cc5)c(C)nc34)c2)CC1. The predicted octanol–water partition coefficient (Wildman–Crippen LogP) is 12.5. The highest BCUT2D eigenvalue weighted by molar-refractivity contribution is 6.31. The Labute approximate surface area is 530 Å². The van der Waals surface area contributed by atoms with Gasteiger partial charge in [0, 0.05) is 96.4 Å². The highest BCUT2D eigenvalue weighted by atomic mass is 35.5. The van der Waals surface area contributed by atoms with Gasteiger partial charge in [-0.05, 0) is 155 Å². The number of amides is 5. The van der Waals surface area contributed by atoms with E-state index in [0.29, 0.717) is 120 Å². The van der Waals surface area contributed by atoms with Crippen LogP contribution in [0.4, 0.5) is 10.5 Å². The number of urea groups is 1. The number of hydrogen-bond donors (Lipinski definition) is 4. The molecule has 0 bridgehead atoms. The lowest BCUT2D eigenvalue weighted by Crippen LogP contribution is -2.61. The van der Waals surface area contributed by atoms with Gasteiger partial charge >= 0.3 is 6.03 Å². The summed E-state index contributed by atoms with van der Waals surface area (Å²) in [5.74, 6) is 1.24. The molecule has 20 heteroatoms. The Morgan fingerprint density at radius 3 is 2.02 bits per heavy atom. The molecule has 1 fully saturated rings. The normalized spacial score (nSPS) is 17.0. The average Bonchev–Trinajstić information content (AvgIpc) is 1.63. The summed E-state index contributed by atoms with van der Waals surface area (Å²) in [6.45, 7) is 18.3. The first kappa shape index (κ1) is 64.8. The number of fused-ring (bicyclic) bond motifs is 1. The number of rotatable bonds is 24. The van der Waals surface area contributed by atoms with Crippen LogP contribution in [0.25, 0.3) is 5.65 Å². The standard InChI is InChI=1S/C68H79Cl3N10O7/c1-8-87-58-41-49(66(3,4)5)25-32-55(58)62-77-67(6,47-21-28-51(70)29-22-47)68(7,48-23-30-52(71)31-24-48)80(62)65(86)79-37-35-78(36-38-79)44-60(83)73-34-13-10-12-33-72-59(82)18-11-9-14-39-88-54-17-15-16-53(42-54)76-63(84)57-43-74-81-61(57)75-45(2)56(64(81)85)40-46-19-26-50(69)27-20-46/h15-17,19-32,41-43,74H,8-14,18,33-40,44H2,1-7H3,(H,72,82)(H,73,83)(H,76,84)/t67-,68+/m0/s1. The van der Waals surface area contributed by atoms with Gasteiger partial charge in [0.15, 0.2) is 5.65 Å². The van der Waals surface area contributed by atoms with E-state index in [1.807, 2.05) is 89.5 Å². The molecule has 464 valence electrons. The van der Waals surface area contributed by atoms with Crippen LogP contribution in [0.15, 0.2) is 131 Å². The fourth-order valence-corrected chi connectivity index (χ4v) is 11.8. The zero-order valence-corrected chi connectivity index (χ0v) is 53.5. The van der Waals surface area contributed by atoms with Gasteiger partial charge in [0.1, 0.15) is 34.0 Å². The number of aromatic nitrogens is 3. The van der Waals surface area contributed by atoms with E-state index in [1.165, 1.54) is 10.7 Å². The number of ether oxygens (including phenoxy) is 2. The van der Waals surface area contributed by atoms with Crippen LogP contribution in [-0.2, 0) is 32.5 Å². The highest BCUT2D eigenvalue weighted by Crippen LogP contribution is 2.54. The molecule has 0 aliphatic carbocycles. The third-order valence-corrected chi connectivity index (χ3v) is 17.5. The van der Waals surface area contributed by atoms with Gasteiger partial charge in [-0.15, -0.1) is 0 Å². The minimum Gasteiger partial charge on any atom is -0.494 e. The van der Waals surface area contributed by atoms with E-state index in [0.717, 1.165) is 60.8 Å². The molecule has 1 saturated heterocycles. The van der Waals surface area contributed by atoms with E-state index in [2.05, 4.69) is 77.7 Å². The summed E-state index contributed by atoms with van der Waals surface area (Å²) in [4.78, 5) is 84.2. The second-order valence-electron chi connectivity index (χ2n) is 23.9. The predicted molar refractivity (Wildman–Crippen MR) is 349 cm³/mol. The van der Waals surface area contributed by atoms with Crippen molar-refractivity contribution in [2.24, 2.45) is 4.99 Å². The Morgan fingerprint density at radius 1 is 0.727 bits per heavy atom. The second kappa shape index (κ2) is 28.6. The smallest absolute Gasteiger partial charge is 0.326 e. The summed E-state index contributed by atoms with van der Waals surface area (Å²) in [7, 11) is 0. The molecule has 2 aliphatic heterocycles. The van der Waals surface area contributed by atoms with Gasteiger partial charge in [-0.3, -0.25) is 39.1 Å². The molecule has 9 rings (SSSR count). The van der Waals surface area contributed by atoms with E-state index < -0.39 is 17.0 Å². The Hall–Kier alpha value is -7.70. The molecule has 4 N–H and O–H groups in total. The number of carbonyl (C=O) groups is 4. The molecule has 4 heterocycles. The molecular formula is C68H79Cl3N10O7. The number of benzene rings is 5. The number of carbonyl (C=O) groups excluding carboxylic acids is 4. The van der Waals surface area contributed by atoms with Crippen LogP contribution in [0, 0.1) is 6.92 Å². The molecule has 17 nitrogen and oxygen atoms in total. The number of aliphatic imine (C=N–C) groups is 1. The highest BCUT2D eigenvalue weighted by Gasteiger charge is 2.60. The first-order valence-electron chi connectivity index (χ1n) is 30.3. The number of halogens is 3. The first-order valence-corrected chi connectivity index (χ1v) is 31.4. The van der Waals surface area contributed by atoms with E-state index in [9.17, 15) is 19.2 Å². The fourth-order valence-electron chi connectivity index (χ4n) is 11.4. The first-order chi connectivity index (χ1) is 42.2. The maximum atomic E-state index is 15.5. The molecule has 2 aliphatic rings. The third-order valence-electron chi connectivity index (χ3n) is 16.7. The van der Waals surface area contributed by atoms with Crippen LogP contribution in [0.5, 0.6) is 11.5 Å². The quantitative estimate of drug-likeness (QED) is 0.0426. The maximum Gasteiger partial charge on any atom is 0.326 e. The van der Waals surface area contributed by atoms with E-state index in [4.69, 9.17) is 49.3 Å². The number of nitrogens with zero attached hydrogens (tertiary/aromatic N) is 6. The summed E-state index contributed by atoms with van der Waals surface area (Å²) in [5.41, 5.74) is 4.00. The van der Waals surface area contributed by atoms with Crippen LogP contribution in [0.3, 0.4) is 0 Å². The molecule has 7 aromatic rings. The molecule has 5 aromatic carbocycles. The monoisotopic (exact) mass is 1250 g/mol. The number of hydrogen-bond acceptors (Lipinski definition) is 10. The van der Waals surface area contributed by atoms with Gasteiger partial charge in [-0.2, -0.15) is 0 Å². The van der Waals surface area contributed by atoms with Gasteiger partial charge < -0.3 is 30.3 Å². The number of aromatic amines is 1. The molecular weight excluding hydrogens is 1180 g/mol. The largest absolute Gasteiger partial charge is 0.494 e. The number of H-pyrrole nitrogens is 1. The summed E-state index contributed by atoms with van der Waals surface area (Å²) < 4.78 is 13.6. The molecule has 2 aromatic heterocycles. The van der Waals surface area contributed by atoms with Gasteiger partial charge in [0.05, 0.1) is 25.3 Å². The van der Waals surface area contributed by atoms with E-state index in [1.54, 1.807) is 37.3 Å². The lowest BCUT2D eigenvalue weighted by atomic mass is 9.71. The van der Waals surface area contributed by atoms with Gasteiger partial charge in [-0.1, -0.05) is 104 Å². The number of amidine groups is 1. The van der Waals surface area contributed by atoms with E-state index in [-0.39, 0.29) is 46.6 Å². The number of aryl methyl sites for hydroxylation is 1.